The first-order valence-electron chi connectivity index (χ1n) is 4.90. The molecule has 1 aromatic rings. The van der Waals surface area contributed by atoms with E-state index in [4.69, 9.17) is 10.2 Å². The van der Waals surface area contributed by atoms with Crippen molar-refractivity contribution < 1.29 is 9.21 Å². The monoisotopic (exact) mass is 211 g/mol. The predicted molar refractivity (Wildman–Crippen MR) is 59.7 cm³/mol. The second kappa shape index (κ2) is 8.96. The number of hydrogen-bond donors (Lipinski definition) is 2. The zero-order valence-corrected chi connectivity index (χ0v) is 9.06. The Kier molecular flexibility index (Phi) is 7.99. The molecule has 0 aromatic carbocycles. The van der Waals surface area contributed by atoms with Gasteiger partial charge >= 0.3 is 5.91 Å². The Morgan fingerprint density at radius 3 is 2.93 bits per heavy atom. The van der Waals surface area contributed by atoms with Crippen molar-refractivity contribution in [1.29, 1.82) is 0 Å². The van der Waals surface area contributed by atoms with E-state index in [0.29, 0.717) is 13.0 Å². The average Bonchev–Trinajstić information content (AvgIpc) is 2.80. The minimum absolute atomic E-state index is 0.241. The van der Waals surface area contributed by atoms with E-state index in [1.807, 2.05) is 13.8 Å². The zero-order valence-electron chi connectivity index (χ0n) is 9.06. The molecule has 0 aliphatic rings. The van der Waals surface area contributed by atoms with Crippen LogP contribution in [0.5, 0.6) is 0 Å². The number of furan rings is 1. The summed E-state index contributed by atoms with van der Waals surface area (Å²) in [4.78, 5) is 11.1. The van der Waals surface area contributed by atoms with Crippen LogP contribution in [0.25, 0.3) is 0 Å². The van der Waals surface area contributed by atoms with Gasteiger partial charge in [0.05, 0.1) is 6.26 Å². The third kappa shape index (κ3) is 5.64. The number of nitrogens with two attached hydrogens (primary N) is 1. The van der Waals surface area contributed by atoms with Gasteiger partial charge in [-0.1, -0.05) is 13.8 Å². The van der Waals surface area contributed by atoms with Gasteiger partial charge in [0.2, 0.25) is 0 Å². The second-order valence-corrected chi connectivity index (χ2v) is 2.31. The summed E-state index contributed by atoms with van der Waals surface area (Å²) in [7, 11) is 0. The molecular formula is C10H17N3O2. The van der Waals surface area contributed by atoms with Crippen molar-refractivity contribution in [2.24, 2.45) is 10.8 Å². The van der Waals surface area contributed by atoms with Crippen LogP contribution in [0.15, 0.2) is 27.9 Å². The van der Waals surface area contributed by atoms with Crippen LogP contribution >= 0.6 is 0 Å². The average molecular weight is 211 g/mol. The summed E-state index contributed by atoms with van der Waals surface area (Å²) >= 11 is 0. The SMILES string of the molecule is CC.NCC/C=N/NC(=O)c1ccco1. The summed E-state index contributed by atoms with van der Waals surface area (Å²) in [5.41, 5.74) is 7.52. The minimum atomic E-state index is -0.363. The van der Waals surface area contributed by atoms with E-state index in [-0.39, 0.29) is 11.7 Å². The molecule has 0 atom stereocenters. The molecular weight excluding hydrogens is 194 g/mol. The van der Waals surface area contributed by atoms with Crippen LogP contribution in [0.3, 0.4) is 0 Å². The lowest BCUT2D eigenvalue weighted by atomic mass is 10.4. The number of nitrogens with zero attached hydrogens (tertiary/aromatic N) is 1. The van der Waals surface area contributed by atoms with Gasteiger partial charge in [-0.15, -0.1) is 0 Å². The number of hydrogen-bond acceptors (Lipinski definition) is 4. The quantitative estimate of drug-likeness (QED) is 0.583. The molecule has 0 bridgehead atoms. The lowest BCUT2D eigenvalue weighted by Gasteiger charge is -1.93. The largest absolute Gasteiger partial charge is 0.459 e. The third-order valence-corrected chi connectivity index (χ3v) is 1.30. The first-order valence-corrected chi connectivity index (χ1v) is 4.90. The Bertz CT molecular complexity index is 281. The molecule has 1 amide bonds. The van der Waals surface area contributed by atoms with Crippen molar-refractivity contribution in [1.82, 2.24) is 5.43 Å². The maximum atomic E-state index is 11.1. The fourth-order valence-corrected chi connectivity index (χ4v) is 0.706. The summed E-state index contributed by atoms with van der Waals surface area (Å²) in [5.74, 6) is -0.122. The first kappa shape index (κ1) is 13.4. The highest BCUT2D eigenvalue weighted by atomic mass is 16.3. The van der Waals surface area contributed by atoms with Crippen molar-refractivity contribution >= 4 is 12.1 Å². The van der Waals surface area contributed by atoms with Crippen molar-refractivity contribution in [3.05, 3.63) is 24.2 Å². The third-order valence-electron chi connectivity index (χ3n) is 1.30. The first-order chi connectivity index (χ1) is 7.34. The number of carbonyl (C=O) groups excluding carboxylic acids is 1. The maximum absolute atomic E-state index is 11.1. The smallest absolute Gasteiger partial charge is 0.307 e. The Morgan fingerprint density at radius 2 is 2.40 bits per heavy atom. The van der Waals surface area contributed by atoms with Gasteiger partial charge in [-0.25, -0.2) is 5.43 Å². The van der Waals surface area contributed by atoms with Crippen LogP contribution in [0.1, 0.15) is 30.8 Å². The van der Waals surface area contributed by atoms with Crippen molar-refractivity contribution in [2.75, 3.05) is 6.54 Å². The molecule has 0 unspecified atom stereocenters. The maximum Gasteiger partial charge on any atom is 0.307 e. The Morgan fingerprint density at radius 1 is 1.67 bits per heavy atom. The number of carbonyl (C=O) groups is 1. The minimum Gasteiger partial charge on any atom is -0.459 e. The summed E-state index contributed by atoms with van der Waals surface area (Å²) in [6.07, 6.45) is 3.61. The van der Waals surface area contributed by atoms with Gasteiger partial charge in [-0.2, -0.15) is 5.10 Å². The van der Waals surface area contributed by atoms with Crippen molar-refractivity contribution in [3.8, 4) is 0 Å². The molecule has 0 spiro atoms. The summed E-state index contributed by atoms with van der Waals surface area (Å²) in [6.45, 7) is 4.51. The molecule has 1 rings (SSSR count). The van der Waals surface area contributed by atoms with Crippen LogP contribution in [0.4, 0.5) is 0 Å². The van der Waals surface area contributed by atoms with Gasteiger partial charge in [0.1, 0.15) is 0 Å². The van der Waals surface area contributed by atoms with Gasteiger partial charge in [0.25, 0.3) is 0 Å². The zero-order chi connectivity index (χ0) is 11.5. The fraction of sp³-hybridized carbons (Fsp3) is 0.400. The molecule has 3 N–H and O–H groups in total. The van der Waals surface area contributed by atoms with Crippen LogP contribution in [0, 0.1) is 0 Å². The molecule has 5 nitrogen and oxygen atoms in total. The van der Waals surface area contributed by atoms with Crippen LogP contribution < -0.4 is 11.2 Å². The standard InChI is InChI=1S/C8H11N3O2.C2H6/c9-4-2-5-10-11-8(12)7-3-1-6-13-7;1-2/h1,3,5-6H,2,4,9H2,(H,11,12);1-2H3/b10-5+;. The summed E-state index contributed by atoms with van der Waals surface area (Å²) in [5, 5.41) is 3.65. The van der Waals surface area contributed by atoms with Crippen LogP contribution in [0.2, 0.25) is 0 Å². The highest BCUT2D eigenvalue weighted by Gasteiger charge is 2.05. The van der Waals surface area contributed by atoms with E-state index in [1.54, 1.807) is 18.3 Å². The summed E-state index contributed by atoms with van der Waals surface area (Å²) < 4.78 is 4.84. The molecule has 0 radical (unpaired) electrons. The van der Waals surface area contributed by atoms with Crippen molar-refractivity contribution in [3.63, 3.8) is 0 Å². The highest BCUT2D eigenvalue weighted by molar-refractivity contribution is 5.91. The number of rotatable bonds is 4. The molecule has 0 saturated carbocycles. The van der Waals surface area contributed by atoms with Gasteiger partial charge in [0, 0.05) is 6.21 Å². The van der Waals surface area contributed by atoms with Crippen LogP contribution in [-0.2, 0) is 0 Å². The van der Waals surface area contributed by atoms with E-state index < -0.39 is 0 Å². The molecule has 0 saturated heterocycles. The molecule has 5 heteroatoms. The Labute approximate surface area is 89.3 Å². The summed E-state index contributed by atoms with van der Waals surface area (Å²) in [6, 6.07) is 3.20. The van der Waals surface area contributed by atoms with E-state index in [1.165, 1.54) is 6.26 Å². The molecule has 0 aliphatic carbocycles. The molecule has 84 valence electrons. The number of nitrogens with one attached hydrogen (secondary N) is 1. The molecule has 1 aromatic heterocycles. The second-order valence-electron chi connectivity index (χ2n) is 2.31. The lowest BCUT2D eigenvalue weighted by molar-refractivity contribution is 0.0927. The topological polar surface area (TPSA) is 80.6 Å². The molecule has 0 aliphatic heterocycles. The Balaban J connectivity index is 0.000000921. The number of hydrazone groups is 1. The van der Waals surface area contributed by atoms with E-state index >= 15 is 0 Å². The van der Waals surface area contributed by atoms with E-state index in [2.05, 4.69) is 10.5 Å². The van der Waals surface area contributed by atoms with Crippen molar-refractivity contribution in [2.45, 2.75) is 20.3 Å². The number of amides is 1. The molecule has 1 heterocycles. The van der Waals surface area contributed by atoms with Gasteiger partial charge in [-0.05, 0) is 25.1 Å². The van der Waals surface area contributed by atoms with Gasteiger partial charge < -0.3 is 10.2 Å². The predicted octanol–water partition coefficient (Wildman–Crippen LogP) is 1.37. The van der Waals surface area contributed by atoms with Crippen LogP contribution in [-0.4, -0.2) is 18.7 Å². The molecule has 15 heavy (non-hydrogen) atoms. The van der Waals surface area contributed by atoms with Gasteiger partial charge in [0.15, 0.2) is 5.76 Å². The lowest BCUT2D eigenvalue weighted by Crippen LogP contribution is -2.16. The van der Waals surface area contributed by atoms with Gasteiger partial charge in [-0.3, -0.25) is 4.79 Å². The fourth-order valence-electron chi connectivity index (χ4n) is 0.706. The highest BCUT2D eigenvalue weighted by Crippen LogP contribution is 1.98. The normalized spacial score (nSPS) is 9.53. The Hall–Kier alpha value is -1.62. The van der Waals surface area contributed by atoms with E-state index in [9.17, 15) is 4.79 Å². The molecule has 0 fully saturated rings. The van der Waals surface area contributed by atoms with E-state index in [0.717, 1.165) is 0 Å².